The number of carboxylic acid groups (broad SMARTS) is 1. The molecular formula is C40H40Cl2N8O11. The minimum absolute atomic E-state index is 0.0615. The number of rotatable bonds is 12. The van der Waals surface area contributed by atoms with Gasteiger partial charge in [0.2, 0.25) is 17.3 Å². The minimum atomic E-state index is -1.05. The van der Waals surface area contributed by atoms with Crippen LogP contribution in [0.4, 0.5) is 22.7 Å². The number of benzene rings is 4. The van der Waals surface area contributed by atoms with Crippen molar-refractivity contribution >= 4 is 69.6 Å². The number of carbonyl (C=O) groups is 4. The summed E-state index contributed by atoms with van der Waals surface area (Å²) >= 11 is 12.2. The number of hydrogen-bond donors (Lipinski definition) is 7. The number of hydrogen-bond acceptors (Lipinski definition) is 11. The predicted octanol–water partition coefficient (Wildman–Crippen LogP) is 6.13. The van der Waals surface area contributed by atoms with Crippen LogP contribution in [0, 0.1) is 59.1 Å². The first-order valence-electron chi connectivity index (χ1n) is 17.7. The maximum absolute atomic E-state index is 12.5. The highest BCUT2D eigenvalue weighted by Gasteiger charge is 2.27. The van der Waals surface area contributed by atoms with E-state index in [1.165, 1.54) is 62.4 Å². The molecule has 1 unspecified atom stereocenters. The summed E-state index contributed by atoms with van der Waals surface area (Å²) in [5, 5.41) is 50.1. The molecule has 0 saturated carbocycles. The number of aliphatic hydroxyl groups excluding tert-OH is 2. The Hall–Kier alpha value is -7.00. The molecule has 4 atom stereocenters. The molecule has 4 aromatic rings. The monoisotopic (exact) mass is 878 g/mol. The third-order valence-electron chi connectivity index (χ3n) is 9.01. The summed E-state index contributed by atoms with van der Waals surface area (Å²) in [6.07, 6.45) is -1.64. The zero-order chi connectivity index (χ0) is 46.1. The van der Waals surface area contributed by atoms with Crippen LogP contribution in [-0.2, 0) is 22.4 Å². The number of nitrogens with one attached hydrogen (secondary N) is 3. The van der Waals surface area contributed by atoms with Gasteiger partial charge in [0.05, 0.1) is 57.1 Å². The SMILES string of the molecule is NNC(=O)c1ccc([N+](=O)[O-])cc1.[C-]#[N+]c1ccc(CC(C(=O)O)[C@@H](C)O)c(C)c1Cl.[C-]#[N+]c1ccc(C[C@@H](C(=O)NNC(=O)c2ccc([N+](=O)[O-])cc2)[C@@H](C)O)c(C)c1Cl. The van der Waals surface area contributed by atoms with E-state index in [1.807, 2.05) is 5.43 Å². The number of halogens is 2. The molecule has 0 aromatic heterocycles. The van der Waals surface area contributed by atoms with Gasteiger partial charge in [-0.05, 0) is 87.1 Å². The van der Waals surface area contributed by atoms with E-state index in [4.69, 9.17) is 47.3 Å². The van der Waals surface area contributed by atoms with E-state index in [-0.39, 0.29) is 35.3 Å². The molecule has 0 spiro atoms. The van der Waals surface area contributed by atoms with Crippen molar-refractivity contribution in [2.75, 3.05) is 0 Å². The van der Waals surface area contributed by atoms with Crippen LogP contribution >= 0.6 is 23.2 Å². The second kappa shape index (κ2) is 23.6. The molecule has 0 aliphatic rings. The van der Waals surface area contributed by atoms with Gasteiger partial charge in [0.1, 0.15) is 0 Å². The molecule has 4 aromatic carbocycles. The fourth-order valence-electron chi connectivity index (χ4n) is 5.29. The predicted molar refractivity (Wildman–Crippen MR) is 224 cm³/mol. The lowest BCUT2D eigenvalue weighted by Gasteiger charge is -2.21. The molecule has 0 aliphatic carbocycles. The van der Waals surface area contributed by atoms with Crippen LogP contribution in [0.3, 0.4) is 0 Å². The Morgan fingerprint density at radius 2 is 1.07 bits per heavy atom. The number of hydrazine groups is 2. The summed E-state index contributed by atoms with van der Waals surface area (Å²) in [5.74, 6) is 0.292. The van der Waals surface area contributed by atoms with Crippen LogP contribution in [0.1, 0.15) is 56.8 Å². The highest BCUT2D eigenvalue weighted by atomic mass is 35.5. The molecule has 0 fully saturated rings. The number of non-ortho nitro benzene ring substituents is 2. The second-order valence-electron chi connectivity index (χ2n) is 13.1. The van der Waals surface area contributed by atoms with Gasteiger partial charge < -0.3 is 15.3 Å². The lowest BCUT2D eigenvalue weighted by Crippen LogP contribution is -2.47. The van der Waals surface area contributed by atoms with Crippen LogP contribution in [0.25, 0.3) is 9.69 Å². The Labute approximate surface area is 359 Å². The molecule has 0 saturated heterocycles. The lowest BCUT2D eigenvalue weighted by molar-refractivity contribution is -0.385. The number of nitro groups is 2. The normalized spacial score (nSPS) is 12.1. The van der Waals surface area contributed by atoms with E-state index < -0.39 is 57.6 Å². The molecule has 0 radical (unpaired) electrons. The van der Waals surface area contributed by atoms with Gasteiger partial charge in [-0.3, -0.25) is 55.7 Å². The first-order valence-corrected chi connectivity index (χ1v) is 18.4. The standard InChI is InChI=1S/C20H19ClN4O5.C13H14ClNO3.C7H7N3O3/c1-11-14(6-9-17(22-3)18(11)21)10-16(12(2)26)20(28)24-23-19(27)13-4-7-15(8-5-13)25(29)30;1-7-9(4-5-11(15-3)12(7)14)6-10(8(2)16)13(17)18;8-9-7(11)5-1-3-6(4-2-5)10(12)13/h4-9,12,16,26H,10H2,1-2H3,(H,23,27)(H,24,28);4-5,8,10,16H,6H2,1-2H3,(H,17,18);1-4H,8H2,(H,9,11)/t12-,16-;8-,10?;/m11./s1. The molecule has 320 valence electrons. The average molecular weight is 880 g/mol. The van der Waals surface area contributed by atoms with Crippen LogP contribution in [0.15, 0.2) is 72.8 Å². The lowest BCUT2D eigenvalue weighted by atomic mass is 9.91. The number of carbonyl (C=O) groups excluding carboxylic acids is 3. The summed E-state index contributed by atoms with van der Waals surface area (Å²) in [5.41, 5.74) is 9.99. The van der Waals surface area contributed by atoms with Crippen LogP contribution < -0.4 is 22.1 Å². The van der Waals surface area contributed by atoms with Gasteiger partial charge in [0.15, 0.2) is 0 Å². The van der Waals surface area contributed by atoms with E-state index >= 15 is 0 Å². The topological polar surface area (TPSA) is 286 Å². The summed E-state index contributed by atoms with van der Waals surface area (Å²) in [6.45, 7) is 20.4. The third kappa shape index (κ3) is 14.4. The third-order valence-corrected chi connectivity index (χ3v) is 9.96. The molecule has 19 nitrogen and oxygen atoms in total. The van der Waals surface area contributed by atoms with Gasteiger partial charge in [-0.15, -0.1) is 0 Å². The number of nitrogens with two attached hydrogens (primary N) is 1. The Balaban J connectivity index is 0.000000349. The first kappa shape index (κ1) is 50.1. The van der Waals surface area contributed by atoms with Gasteiger partial charge in [-0.1, -0.05) is 47.5 Å². The molecule has 3 amide bonds. The van der Waals surface area contributed by atoms with E-state index in [2.05, 4.69) is 20.5 Å². The molecule has 21 heteroatoms. The summed E-state index contributed by atoms with van der Waals surface area (Å²) in [7, 11) is 0. The minimum Gasteiger partial charge on any atom is -0.481 e. The van der Waals surface area contributed by atoms with Crippen LogP contribution in [0.5, 0.6) is 0 Å². The number of nitrogen functional groups attached to an aromatic ring is 1. The summed E-state index contributed by atoms with van der Waals surface area (Å²) < 4.78 is 0. The highest BCUT2D eigenvalue weighted by molar-refractivity contribution is 6.34. The molecule has 61 heavy (non-hydrogen) atoms. The van der Waals surface area contributed by atoms with Crippen molar-refractivity contribution in [1.82, 2.24) is 16.3 Å². The van der Waals surface area contributed by atoms with Crippen molar-refractivity contribution in [3.8, 4) is 0 Å². The number of aliphatic hydroxyl groups is 2. The smallest absolute Gasteiger partial charge is 0.309 e. The number of aliphatic carboxylic acids is 1. The van der Waals surface area contributed by atoms with Gasteiger partial charge in [0, 0.05) is 35.4 Å². The second-order valence-corrected chi connectivity index (χ2v) is 13.8. The van der Waals surface area contributed by atoms with Crippen molar-refractivity contribution in [3.05, 3.63) is 159 Å². The molecule has 0 heterocycles. The van der Waals surface area contributed by atoms with Gasteiger partial charge in [0.25, 0.3) is 23.2 Å². The number of carboxylic acids is 1. The first-order chi connectivity index (χ1) is 28.7. The Bertz CT molecular complexity index is 2350. The van der Waals surface area contributed by atoms with Gasteiger partial charge in [-0.2, -0.15) is 0 Å². The quantitative estimate of drug-likeness (QED) is 0.0278. The molecule has 0 aliphatic heterocycles. The van der Waals surface area contributed by atoms with Gasteiger partial charge in [-0.25, -0.2) is 15.5 Å². The summed E-state index contributed by atoms with van der Waals surface area (Å²) in [4.78, 5) is 73.0. The largest absolute Gasteiger partial charge is 0.481 e. The van der Waals surface area contributed by atoms with Gasteiger partial charge >= 0.3 is 5.97 Å². The maximum Gasteiger partial charge on any atom is 0.309 e. The van der Waals surface area contributed by atoms with E-state index in [0.29, 0.717) is 38.1 Å². The zero-order valence-electron chi connectivity index (χ0n) is 32.9. The maximum atomic E-state index is 12.5. The fourth-order valence-corrected chi connectivity index (χ4v) is 5.75. The van der Waals surface area contributed by atoms with Crippen LogP contribution in [-0.4, -0.2) is 61.1 Å². The molecular weight excluding hydrogens is 839 g/mol. The molecule has 0 bridgehead atoms. The van der Waals surface area contributed by atoms with Crippen molar-refractivity contribution in [3.63, 3.8) is 0 Å². The Morgan fingerprint density at radius 1 is 0.689 bits per heavy atom. The summed E-state index contributed by atoms with van der Waals surface area (Å²) in [6, 6.07) is 16.5. The number of amides is 3. The van der Waals surface area contributed by atoms with Crippen LogP contribution in [0.2, 0.25) is 10.0 Å². The van der Waals surface area contributed by atoms with E-state index in [9.17, 15) is 49.6 Å². The Morgan fingerprint density at radius 3 is 1.39 bits per heavy atom. The van der Waals surface area contributed by atoms with Crippen molar-refractivity contribution in [2.45, 2.75) is 52.7 Å². The highest BCUT2D eigenvalue weighted by Crippen LogP contribution is 2.33. The molecule has 4 rings (SSSR count). The average Bonchev–Trinajstić information content (AvgIpc) is 3.23. The zero-order valence-corrected chi connectivity index (χ0v) is 34.4. The Kier molecular flexibility index (Phi) is 19.4. The fraction of sp³-hybridized carbons (Fsp3) is 0.250. The van der Waals surface area contributed by atoms with E-state index in [1.54, 1.807) is 38.1 Å². The van der Waals surface area contributed by atoms with E-state index in [0.717, 1.165) is 5.56 Å². The van der Waals surface area contributed by atoms with Crippen molar-refractivity contribution in [2.24, 2.45) is 17.7 Å². The number of nitrogens with zero attached hydrogens (tertiary/aromatic N) is 4. The molecule has 8 N–H and O–H groups in total. The van der Waals surface area contributed by atoms with Crippen molar-refractivity contribution in [1.29, 1.82) is 0 Å². The van der Waals surface area contributed by atoms with Crippen molar-refractivity contribution < 1.29 is 44.3 Å². The number of nitro benzene ring substituents is 2.